The third-order valence-corrected chi connectivity index (χ3v) is 6.17. The largest absolute Gasteiger partial charge is 0.497 e. The van der Waals surface area contributed by atoms with Gasteiger partial charge in [0.25, 0.3) is 0 Å². The van der Waals surface area contributed by atoms with Crippen LogP contribution in [0.3, 0.4) is 0 Å². The summed E-state index contributed by atoms with van der Waals surface area (Å²) in [7, 11) is 3.12. The topological polar surface area (TPSA) is 59.1 Å². The van der Waals surface area contributed by atoms with Gasteiger partial charge in [-0.25, -0.2) is 4.39 Å². The number of likely N-dealkylation sites (tertiary alicyclic amines) is 1. The van der Waals surface area contributed by atoms with Crippen molar-refractivity contribution in [1.29, 1.82) is 0 Å². The molecule has 2 aliphatic heterocycles. The molecule has 2 atom stereocenters. The Labute approximate surface area is 181 Å². The average molecular weight is 426 g/mol. The Hall–Kier alpha value is -3.09. The van der Waals surface area contributed by atoms with E-state index in [2.05, 4.69) is 0 Å². The number of amides is 2. The summed E-state index contributed by atoms with van der Waals surface area (Å²) in [6.45, 7) is 0.983. The van der Waals surface area contributed by atoms with Gasteiger partial charge in [0.05, 0.1) is 25.8 Å². The highest BCUT2D eigenvalue weighted by Gasteiger charge is 2.41. The van der Waals surface area contributed by atoms with E-state index in [0.717, 1.165) is 18.4 Å². The van der Waals surface area contributed by atoms with Crippen LogP contribution in [0.4, 0.5) is 10.1 Å². The Kier molecular flexibility index (Phi) is 6.11. The van der Waals surface area contributed by atoms with Crippen LogP contribution in [0.2, 0.25) is 0 Å². The van der Waals surface area contributed by atoms with Gasteiger partial charge in [-0.2, -0.15) is 0 Å². The highest BCUT2D eigenvalue weighted by Crippen LogP contribution is 2.37. The second-order valence-corrected chi connectivity index (χ2v) is 8.10. The number of nitrogens with zero attached hydrogens (tertiary/aromatic N) is 2. The molecule has 2 aromatic carbocycles. The van der Waals surface area contributed by atoms with Crippen LogP contribution >= 0.6 is 0 Å². The van der Waals surface area contributed by atoms with Crippen LogP contribution in [-0.2, 0) is 16.0 Å². The Morgan fingerprint density at radius 3 is 2.74 bits per heavy atom. The minimum Gasteiger partial charge on any atom is -0.497 e. The van der Waals surface area contributed by atoms with Gasteiger partial charge in [-0.15, -0.1) is 0 Å². The molecule has 0 aromatic heterocycles. The lowest BCUT2D eigenvalue weighted by Crippen LogP contribution is -2.41. The number of ether oxygens (including phenoxy) is 2. The van der Waals surface area contributed by atoms with Crippen LogP contribution in [0.15, 0.2) is 42.5 Å². The predicted molar refractivity (Wildman–Crippen MR) is 115 cm³/mol. The summed E-state index contributed by atoms with van der Waals surface area (Å²) in [6.07, 6.45) is 2.59. The van der Waals surface area contributed by atoms with Gasteiger partial charge in [-0.1, -0.05) is 12.1 Å². The average Bonchev–Trinajstić information content (AvgIpc) is 3.39. The number of hydrogen-bond acceptors (Lipinski definition) is 4. The molecular weight excluding hydrogens is 399 g/mol. The van der Waals surface area contributed by atoms with Crippen molar-refractivity contribution >= 4 is 17.5 Å². The van der Waals surface area contributed by atoms with E-state index < -0.39 is 5.92 Å². The first kappa shape index (κ1) is 21.2. The summed E-state index contributed by atoms with van der Waals surface area (Å²) < 4.78 is 24.3. The Balaban J connectivity index is 1.49. The van der Waals surface area contributed by atoms with Gasteiger partial charge in [-0.3, -0.25) is 9.59 Å². The number of hydrogen-bond donors (Lipinski definition) is 0. The maximum Gasteiger partial charge on any atom is 0.228 e. The molecule has 0 bridgehead atoms. The Morgan fingerprint density at radius 2 is 2.00 bits per heavy atom. The van der Waals surface area contributed by atoms with Crippen molar-refractivity contribution in [3.8, 4) is 11.5 Å². The Morgan fingerprint density at radius 1 is 1.16 bits per heavy atom. The molecule has 31 heavy (non-hydrogen) atoms. The second kappa shape index (κ2) is 8.96. The van der Waals surface area contributed by atoms with Gasteiger partial charge in [0.1, 0.15) is 17.3 Å². The molecule has 2 amide bonds. The first-order valence-electron chi connectivity index (χ1n) is 10.6. The summed E-state index contributed by atoms with van der Waals surface area (Å²) in [5.41, 5.74) is 1.50. The molecule has 2 aromatic rings. The van der Waals surface area contributed by atoms with Crippen LogP contribution in [0.5, 0.6) is 11.5 Å². The minimum absolute atomic E-state index is 0.00313. The quantitative estimate of drug-likeness (QED) is 0.710. The first-order chi connectivity index (χ1) is 15.0. The van der Waals surface area contributed by atoms with E-state index in [1.807, 2.05) is 11.0 Å². The van der Waals surface area contributed by atoms with Gasteiger partial charge in [0.2, 0.25) is 11.8 Å². The molecule has 7 heteroatoms. The normalized spacial score (nSPS) is 20.9. The van der Waals surface area contributed by atoms with Crippen molar-refractivity contribution in [2.24, 2.45) is 5.92 Å². The molecule has 0 spiro atoms. The molecule has 2 saturated heterocycles. The fourth-order valence-electron chi connectivity index (χ4n) is 4.62. The first-order valence-corrected chi connectivity index (χ1v) is 10.6. The van der Waals surface area contributed by atoms with Crippen LogP contribution in [0.1, 0.15) is 24.8 Å². The number of anilines is 1. The molecule has 2 unspecified atom stereocenters. The van der Waals surface area contributed by atoms with Crippen LogP contribution in [0, 0.1) is 11.7 Å². The van der Waals surface area contributed by atoms with E-state index in [9.17, 15) is 14.0 Å². The number of carbonyl (C=O) groups is 2. The third kappa shape index (κ3) is 4.36. The lowest BCUT2D eigenvalue weighted by atomic mass is 10.0. The SMILES string of the molecule is COc1ccc(OC)c(N2CC(C(=O)N3CCCC3Cc3cccc(F)c3)CC2=O)c1. The molecule has 0 saturated carbocycles. The molecule has 0 radical (unpaired) electrons. The van der Waals surface area contributed by atoms with E-state index in [1.165, 1.54) is 12.1 Å². The molecule has 0 N–H and O–H groups in total. The minimum atomic E-state index is -0.406. The van der Waals surface area contributed by atoms with Crippen LogP contribution < -0.4 is 14.4 Å². The maximum absolute atomic E-state index is 13.6. The summed E-state index contributed by atoms with van der Waals surface area (Å²) in [5, 5.41) is 0. The molecular formula is C24H27FN2O4. The van der Waals surface area contributed by atoms with Crippen molar-refractivity contribution < 1.29 is 23.5 Å². The van der Waals surface area contributed by atoms with Crippen molar-refractivity contribution in [3.63, 3.8) is 0 Å². The fourth-order valence-corrected chi connectivity index (χ4v) is 4.62. The second-order valence-electron chi connectivity index (χ2n) is 8.10. The standard InChI is InChI=1S/C24H27FN2O4/c1-30-20-8-9-22(31-2)21(14-20)27-15-17(13-23(27)28)24(29)26-10-4-7-19(26)12-16-5-3-6-18(25)11-16/h3,5-6,8-9,11,14,17,19H,4,7,10,12-13,15H2,1-2H3. The zero-order valence-electron chi connectivity index (χ0n) is 17.8. The van der Waals surface area contributed by atoms with Gasteiger partial charge in [0.15, 0.2) is 0 Å². The molecule has 6 nitrogen and oxygen atoms in total. The highest BCUT2D eigenvalue weighted by atomic mass is 19.1. The number of benzene rings is 2. The van der Waals surface area contributed by atoms with Crippen molar-refractivity contribution in [1.82, 2.24) is 4.90 Å². The smallest absolute Gasteiger partial charge is 0.228 e. The fraction of sp³-hybridized carbons (Fsp3) is 0.417. The van der Waals surface area contributed by atoms with E-state index in [4.69, 9.17) is 9.47 Å². The maximum atomic E-state index is 13.6. The molecule has 4 rings (SSSR count). The number of carbonyl (C=O) groups excluding carboxylic acids is 2. The molecule has 2 heterocycles. The van der Waals surface area contributed by atoms with Gasteiger partial charge in [-0.05, 0) is 49.1 Å². The summed E-state index contributed by atoms with van der Waals surface area (Å²) in [5.74, 6) is 0.400. The van der Waals surface area contributed by atoms with E-state index in [0.29, 0.717) is 36.7 Å². The van der Waals surface area contributed by atoms with Crippen molar-refractivity contribution in [2.75, 3.05) is 32.2 Å². The highest BCUT2D eigenvalue weighted by molar-refractivity contribution is 6.01. The van der Waals surface area contributed by atoms with E-state index in [-0.39, 0.29) is 30.1 Å². The molecule has 2 fully saturated rings. The monoisotopic (exact) mass is 426 g/mol. The summed E-state index contributed by atoms with van der Waals surface area (Å²) in [6, 6.07) is 11.8. The van der Waals surface area contributed by atoms with Gasteiger partial charge in [0, 0.05) is 31.6 Å². The predicted octanol–water partition coefficient (Wildman–Crippen LogP) is 3.43. The van der Waals surface area contributed by atoms with Gasteiger partial charge >= 0.3 is 0 Å². The van der Waals surface area contributed by atoms with Crippen molar-refractivity contribution in [3.05, 3.63) is 53.8 Å². The Bertz CT molecular complexity index is 980. The van der Waals surface area contributed by atoms with Crippen LogP contribution in [-0.4, -0.2) is 50.1 Å². The zero-order chi connectivity index (χ0) is 22.0. The number of methoxy groups -OCH3 is 2. The summed E-state index contributed by atoms with van der Waals surface area (Å²) in [4.78, 5) is 29.6. The third-order valence-electron chi connectivity index (χ3n) is 6.17. The van der Waals surface area contributed by atoms with Crippen LogP contribution in [0.25, 0.3) is 0 Å². The van der Waals surface area contributed by atoms with E-state index in [1.54, 1.807) is 43.4 Å². The summed E-state index contributed by atoms with van der Waals surface area (Å²) >= 11 is 0. The van der Waals surface area contributed by atoms with Crippen molar-refractivity contribution in [2.45, 2.75) is 31.7 Å². The lowest BCUT2D eigenvalue weighted by molar-refractivity contribution is -0.136. The molecule has 2 aliphatic rings. The molecule has 0 aliphatic carbocycles. The van der Waals surface area contributed by atoms with E-state index >= 15 is 0 Å². The van der Waals surface area contributed by atoms with Gasteiger partial charge < -0.3 is 19.3 Å². The molecule has 164 valence electrons. The number of rotatable bonds is 6. The number of halogens is 1. The zero-order valence-corrected chi connectivity index (χ0v) is 17.8. The lowest BCUT2D eigenvalue weighted by Gasteiger charge is -2.27.